The van der Waals surface area contributed by atoms with Crippen LogP contribution in [0.3, 0.4) is 0 Å². The number of carbonyl (C=O) groups excluding carboxylic acids is 1. The summed E-state index contributed by atoms with van der Waals surface area (Å²) in [5.74, 6) is 0.764. The molecule has 2 aromatic rings. The first-order valence-corrected chi connectivity index (χ1v) is 9.55. The van der Waals surface area contributed by atoms with Crippen molar-refractivity contribution < 1.29 is 17.6 Å². The van der Waals surface area contributed by atoms with Crippen LogP contribution in [0.4, 0.5) is 11.4 Å². The van der Waals surface area contributed by atoms with E-state index in [9.17, 15) is 13.2 Å². The molecule has 1 aliphatic carbocycles. The summed E-state index contributed by atoms with van der Waals surface area (Å²) in [6.07, 6.45) is 2.08. The van der Waals surface area contributed by atoms with Crippen LogP contribution in [0.1, 0.15) is 40.9 Å². The van der Waals surface area contributed by atoms with Gasteiger partial charge in [-0.3, -0.25) is 9.52 Å². The maximum atomic E-state index is 12.3. The fourth-order valence-corrected chi connectivity index (χ4v) is 4.14. The van der Waals surface area contributed by atoms with E-state index in [0.717, 1.165) is 12.8 Å². The number of oxazole rings is 1. The Morgan fingerprint density at radius 3 is 2.92 bits per heavy atom. The molecule has 9 heteroatoms. The summed E-state index contributed by atoms with van der Waals surface area (Å²) in [6, 6.07) is 6.95. The van der Waals surface area contributed by atoms with Crippen LogP contribution < -0.4 is 14.3 Å². The molecule has 1 aromatic carbocycles. The van der Waals surface area contributed by atoms with Gasteiger partial charge in [0, 0.05) is 12.5 Å². The molecule has 1 aliphatic heterocycles. The first-order valence-electron chi connectivity index (χ1n) is 8.11. The standard InChI is InChI=1S/C16H18N4O4S/c1-10-14(24-16(18-10)11-6-7-11)15(21)17-8-9-20-13-5-3-2-4-12(13)19-25(20,22)23/h2-5,11,19H,6-9H2,1H3,(H,17,21). The van der Waals surface area contributed by atoms with Gasteiger partial charge in [-0.1, -0.05) is 12.1 Å². The lowest BCUT2D eigenvalue weighted by Crippen LogP contribution is -2.38. The molecule has 0 bridgehead atoms. The van der Waals surface area contributed by atoms with Crippen molar-refractivity contribution in [3.8, 4) is 0 Å². The number of benzene rings is 1. The highest BCUT2D eigenvalue weighted by Crippen LogP contribution is 2.40. The third-order valence-corrected chi connectivity index (χ3v) is 5.69. The van der Waals surface area contributed by atoms with Gasteiger partial charge in [-0.25, -0.2) is 9.29 Å². The fraction of sp³-hybridized carbons (Fsp3) is 0.375. The normalized spacial score (nSPS) is 17.9. The van der Waals surface area contributed by atoms with Crippen molar-refractivity contribution in [1.82, 2.24) is 10.3 Å². The Morgan fingerprint density at radius 1 is 1.40 bits per heavy atom. The number of aryl methyl sites for hydroxylation is 1. The summed E-state index contributed by atoms with van der Waals surface area (Å²) in [5, 5.41) is 2.70. The molecule has 25 heavy (non-hydrogen) atoms. The van der Waals surface area contributed by atoms with Crippen molar-refractivity contribution in [2.45, 2.75) is 25.7 Å². The number of para-hydroxylation sites is 2. The second-order valence-corrected chi connectivity index (χ2v) is 7.79. The number of anilines is 2. The highest BCUT2D eigenvalue weighted by molar-refractivity contribution is 7.94. The second kappa shape index (κ2) is 5.76. The summed E-state index contributed by atoms with van der Waals surface area (Å²) < 4.78 is 33.6. The molecular weight excluding hydrogens is 344 g/mol. The predicted octanol–water partition coefficient (Wildman–Crippen LogP) is 1.77. The SMILES string of the molecule is Cc1nc(C2CC2)oc1C(=O)NCCN1c2ccccc2NS1(=O)=O. The number of hydrogen-bond acceptors (Lipinski definition) is 5. The van der Waals surface area contributed by atoms with Crippen LogP contribution in [-0.2, 0) is 10.2 Å². The number of nitrogens with one attached hydrogen (secondary N) is 2. The third-order valence-electron chi connectivity index (χ3n) is 4.25. The molecule has 0 radical (unpaired) electrons. The highest BCUT2D eigenvalue weighted by Gasteiger charge is 2.33. The van der Waals surface area contributed by atoms with Gasteiger partial charge in [0.25, 0.3) is 5.91 Å². The molecule has 1 fully saturated rings. The van der Waals surface area contributed by atoms with Gasteiger partial charge < -0.3 is 9.73 Å². The molecule has 2 heterocycles. The molecule has 4 rings (SSSR count). The van der Waals surface area contributed by atoms with Gasteiger partial charge in [0.15, 0.2) is 5.89 Å². The van der Waals surface area contributed by atoms with Crippen LogP contribution in [0.2, 0.25) is 0 Å². The van der Waals surface area contributed by atoms with E-state index in [0.29, 0.717) is 28.9 Å². The van der Waals surface area contributed by atoms with Gasteiger partial charge in [-0.2, -0.15) is 8.42 Å². The van der Waals surface area contributed by atoms with Crippen LogP contribution in [0, 0.1) is 6.92 Å². The summed E-state index contributed by atoms with van der Waals surface area (Å²) in [7, 11) is -3.62. The van der Waals surface area contributed by atoms with Crippen molar-refractivity contribution in [3.63, 3.8) is 0 Å². The minimum Gasteiger partial charge on any atom is -0.435 e. The molecule has 8 nitrogen and oxygen atoms in total. The van der Waals surface area contributed by atoms with Crippen LogP contribution in [-0.4, -0.2) is 32.4 Å². The topological polar surface area (TPSA) is 105 Å². The molecule has 0 spiro atoms. The zero-order valence-electron chi connectivity index (χ0n) is 13.7. The number of rotatable bonds is 5. The Balaban J connectivity index is 1.41. The van der Waals surface area contributed by atoms with E-state index in [4.69, 9.17) is 4.42 Å². The fourth-order valence-electron chi connectivity index (χ4n) is 2.83. The van der Waals surface area contributed by atoms with Crippen LogP contribution in [0.25, 0.3) is 0 Å². The van der Waals surface area contributed by atoms with E-state index in [1.165, 1.54) is 4.31 Å². The second-order valence-electron chi connectivity index (χ2n) is 6.19. The number of fused-ring (bicyclic) bond motifs is 1. The Morgan fingerprint density at radius 2 is 2.16 bits per heavy atom. The van der Waals surface area contributed by atoms with E-state index >= 15 is 0 Å². The molecule has 1 amide bonds. The quantitative estimate of drug-likeness (QED) is 0.843. The monoisotopic (exact) mass is 362 g/mol. The first kappa shape index (κ1) is 15.9. The lowest BCUT2D eigenvalue weighted by molar-refractivity contribution is 0.0924. The minimum atomic E-state index is -3.62. The van der Waals surface area contributed by atoms with Crippen molar-refractivity contribution in [2.24, 2.45) is 0 Å². The van der Waals surface area contributed by atoms with Gasteiger partial charge in [0.2, 0.25) is 5.76 Å². The molecular formula is C16H18N4O4S. The predicted molar refractivity (Wildman–Crippen MR) is 91.9 cm³/mol. The molecule has 1 saturated carbocycles. The van der Waals surface area contributed by atoms with Crippen molar-refractivity contribution in [1.29, 1.82) is 0 Å². The maximum Gasteiger partial charge on any atom is 0.324 e. The number of nitrogens with zero attached hydrogens (tertiary/aromatic N) is 2. The van der Waals surface area contributed by atoms with E-state index < -0.39 is 10.2 Å². The number of aromatic nitrogens is 1. The maximum absolute atomic E-state index is 12.3. The van der Waals surface area contributed by atoms with Gasteiger partial charge in [-0.05, 0) is 31.9 Å². The summed E-state index contributed by atoms with van der Waals surface area (Å²) >= 11 is 0. The molecule has 0 unspecified atom stereocenters. The Labute approximate surface area is 145 Å². The molecule has 132 valence electrons. The number of amides is 1. The minimum absolute atomic E-state index is 0.126. The molecule has 2 N–H and O–H groups in total. The van der Waals surface area contributed by atoms with Crippen LogP contribution in [0.5, 0.6) is 0 Å². The number of carbonyl (C=O) groups is 1. The summed E-state index contributed by atoms with van der Waals surface area (Å²) in [4.78, 5) is 16.6. The van der Waals surface area contributed by atoms with Gasteiger partial charge in [-0.15, -0.1) is 0 Å². The zero-order valence-corrected chi connectivity index (χ0v) is 14.5. The molecule has 1 aromatic heterocycles. The molecule has 2 aliphatic rings. The van der Waals surface area contributed by atoms with Crippen molar-refractivity contribution >= 4 is 27.5 Å². The Kier molecular flexibility index (Phi) is 3.68. The average molecular weight is 362 g/mol. The lowest BCUT2D eigenvalue weighted by Gasteiger charge is -2.16. The zero-order chi connectivity index (χ0) is 17.6. The smallest absolute Gasteiger partial charge is 0.324 e. The van der Waals surface area contributed by atoms with Gasteiger partial charge >= 0.3 is 10.2 Å². The largest absolute Gasteiger partial charge is 0.435 e. The third kappa shape index (κ3) is 2.95. The van der Waals surface area contributed by atoms with E-state index in [1.54, 1.807) is 31.2 Å². The first-order chi connectivity index (χ1) is 12.0. The van der Waals surface area contributed by atoms with E-state index in [-0.39, 0.29) is 24.8 Å². The van der Waals surface area contributed by atoms with Crippen LogP contribution >= 0.6 is 0 Å². The average Bonchev–Trinajstić information content (AvgIpc) is 3.29. The summed E-state index contributed by atoms with van der Waals surface area (Å²) in [5.41, 5.74) is 1.66. The Bertz CT molecular complexity index is 933. The van der Waals surface area contributed by atoms with Crippen molar-refractivity contribution in [3.05, 3.63) is 41.6 Å². The molecule has 0 saturated heterocycles. The lowest BCUT2D eigenvalue weighted by atomic mass is 10.2. The van der Waals surface area contributed by atoms with Gasteiger partial charge in [0.05, 0.1) is 23.6 Å². The number of hydrogen-bond donors (Lipinski definition) is 2. The molecule has 0 atom stereocenters. The Hall–Kier alpha value is -2.55. The highest BCUT2D eigenvalue weighted by atomic mass is 32.2. The van der Waals surface area contributed by atoms with Gasteiger partial charge in [0.1, 0.15) is 0 Å². The van der Waals surface area contributed by atoms with Crippen LogP contribution in [0.15, 0.2) is 28.7 Å². The summed E-state index contributed by atoms with van der Waals surface area (Å²) in [6.45, 7) is 2.02. The van der Waals surface area contributed by atoms with Crippen molar-refractivity contribution in [2.75, 3.05) is 22.1 Å². The van der Waals surface area contributed by atoms with E-state index in [1.807, 2.05) is 0 Å². The van der Waals surface area contributed by atoms with E-state index in [2.05, 4.69) is 15.0 Å².